The zero-order valence-corrected chi connectivity index (χ0v) is 60.7. The number of piperidine rings is 1. The normalized spacial score (nSPS) is 14.1. The van der Waals surface area contributed by atoms with Crippen molar-refractivity contribution in [1.29, 1.82) is 0 Å². The van der Waals surface area contributed by atoms with E-state index < -0.39 is 12.0 Å². The van der Waals surface area contributed by atoms with Crippen LogP contribution in [0.5, 0.6) is 5.75 Å². The number of nitrogens with zero attached hydrogens (tertiary/aromatic N) is 2. The molecule has 0 spiro atoms. The molecular formula is C77H123BClFN3O6. The monoisotopic (exact) mass is 1250 g/mol. The Morgan fingerprint density at radius 1 is 0.820 bits per heavy atom. The standard InChI is InChI=1S/C28H41ClO2.C15H14BN2O4.C11H10.C7H17N.C7H16.C4H10.2C2H6.CH3F/c1-9-13-15-24(22(12-4)28(30)31)23-16-17-25(29)27(21(23)8)26(19(6)14-10-2)20(7)18(5)11-3;16-13-5-4-11(14(20)17-13)18-8-10-9(15(18)21)2-1-3-12(10)22-7-6-19;1-9-5-4-7-10-6-2-3-8-11(9)10;1-4-6-8(3)7-5-2;1-4-6-7(3)5-2;1-3-4-2;3*1-2/h14,16-18H,9-13,15H2,1-8H3,(H,30,31);1-3,6,11H,4-5,7-8H2,(H,17,20);2-8H,1H3;4-7H2,1-3H3;7H,4-6H2,1-3H3;3-4H2,1-2H3;2*1-2H3;1H3/b19-14-,24-22+,26-20+;;;;;;;;. The predicted molar refractivity (Wildman–Crippen MR) is 388 cm³/mol. The van der Waals surface area contributed by atoms with E-state index in [9.17, 15) is 28.7 Å². The first kappa shape index (κ1) is 87.6. The molecule has 2 aliphatic rings. The Morgan fingerprint density at radius 2 is 1.42 bits per heavy atom. The van der Waals surface area contributed by atoms with Crippen molar-refractivity contribution in [3.63, 3.8) is 0 Å². The molecule has 2 aliphatic heterocycles. The van der Waals surface area contributed by atoms with E-state index in [0.717, 1.165) is 65.3 Å². The van der Waals surface area contributed by atoms with Gasteiger partial charge in [-0.3, -0.25) is 4.39 Å². The van der Waals surface area contributed by atoms with Crippen molar-refractivity contribution in [2.75, 3.05) is 33.9 Å². The van der Waals surface area contributed by atoms with Crippen molar-refractivity contribution in [2.45, 2.75) is 247 Å². The minimum atomic E-state index is -0.821. The van der Waals surface area contributed by atoms with Gasteiger partial charge in [-0.2, -0.15) is 0 Å². The molecule has 1 radical (unpaired) electrons. The Labute approximate surface area is 549 Å². The zero-order valence-electron chi connectivity index (χ0n) is 60.0. The molecule has 2 heterocycles. The molecule has 0 aromatic heterocycles. The molecule has 499 valence electrons. The van der Waals surface area contributed by atoms with E-state index in [0.29, 0.717) is 73.2 Å². The van der Waals surface area contributed by atoms with E-state index in [2.05, 4.69) is 170 Å². The molecule has 4 aromatic rings. The van der Waals surface area contributed by atoms with Crippen LogP contribution in [0.1, 0.15) is 259 Å². The van der Waals surface area contributed by atoms with Crippen molar-refractivity contribution in [3.05, 3.63) is 134 Å². The number of carbonyl (C=O) groups is 4. The molecule has 0 saturated carbocycles. The summed E-state index contributed by atoms with van der Waals surface area (Å²) in [4.78, 5) is 51.0. The number of aryl methyl sites for hydroxylation is 1. The van der Waals surface area contributed by atoms with Gasteiger partial charge in [0, 0.05) is 16.2 Å². The van der Waals surface area contributed by atoms with Gasteiger partial charge in [0.05, 0.1) is 7.18 Å². The molecule has 9 nitrogen and oxygen atoms in total. The number of alkyl halides is 1. The van der Waals surface area contributed by atoms with E-state index in [1.54, 1.807) is 18.2 Å². The molecule has 6 rings (SSSR count). The molecule has 1 fully saturated rings. The second-order valence-corrected chi connectivity index (χ2v) is 22.5. The third-order valence-electron chi connectivity index (χ3n) is 15.5. The molecule has 0 aliphatic carbocycles. The van der Waals surface area contributed by atoms with Crippen LogP contribution in [0.2, 0.25) is 5.02 Å². The second kappa shape index (κ2) is 53.1. The first-order valence-corrected chi connectivity index (χ1v) is 34.1. The maximum atomic E-state index is 12.5. The third-order valence-corrected chi connectivity index (χ3v) is 15.8. The summed E-state index contributed by atoms with van der Waals surface area (Å²) >= 11 is 6.82. The van der Waals surface area contributed by atoms with Crippen molar-refractivity contribution < 1.29 is 33.4 Å². The van der Waals surface area contributed by atoms with Crippen LogP contribution in [0.4, 0.5) is 4.39 Å². The Morgan fingerprint density at radius 3 is 1.90 bits per heavy atom. The molecule has 89 heavy (non-hydrogen) atoms. The number of rotatable bonds is 23. The van der Waals surface area contributed by atoms with Crippen LogP contribution < -0.4 is 10.1 Å². The fourth-order valence-corrected chi connectivity index (χ4v) is 10.4. The number of ether oxygens (including phenoxy) is 1. The number of hydrogen-bond acceptors (Lipinski definition) is 6. The van der Waals surface area contributed by atoms with Gasteiger partial charge in [-0.25, -0.2) is 4.79 Å². The molecule has 4 aromatic carbocycles. The van der Waals surface area contributed by atoms with Gasteiger partial charge >= 0.3 is 134 Å². The summed E-state index contributed by atoms with van der Waals surface area (Å²) in [5.41, 5.74) is 11.4. The molecule has 2 amide bonds. The van der Waals surface area contributed by atoms with Crippen LogP contribution in [-0.2, 0) is 20.9 Å². The summed E-state index contributed by atoms with van der Waals surface area (Å²) in [5.74, 6) is 0.605. The topological polar surface area (TPSA) is 116 Å². The summed E-state index contributed by atoms with van der Waals surface area (Å²) in [5, 5.41) is 15.9. The van der Waals surface area contributed by atoms with Gasteiger partial charge in [-0.1, -0.05) is 221 Å². The van der Waals surface area contributed by atoms with Gasteiger partial charge in [0.25, 0.3) is 0 Å². The fraction of sp³-hybridized carbons (Fsp3) is 0.571. The number of aliphatic carboxylic acids is 1. The van der Waals surface area contributed by atoms with Gasteiger partial charge < -0.3 is 10.0 Å². The summed E-state index contributed by atoms with van der Waals surface area (Å²) < 4.78 is 14.9. The predicted octanol–water partition coefficient (Wildman–Crippen LogP) is 21.2. The first-order chi connectivity index (χ1) is 42.7. The number of fused-ring (bicyclic) bond motifs is 2. The SMILES string of the molecule is CC.CC.CC/C=C(C)\C(=C(\C)C(C)CC)c1c(Cl)ccc(/C(CCCC)=C(\CC)C(=O)O)c1C.CCCC.CCCC(C)CC.CCCN(C)CCC.CF.Cc1cccc2ccccc12.[B]=C1CCC(N2Cc3c(OCC=O)cccc3C2=O)C(=O)N1. The number of nitrogens with one attached hydrogen (secondary N) is 1. The number of carboxylic acid groups (broad SMARTS) is 1. The number of amides is 2. The number of halogens is 2. The van der Waals surface area contributed by atoms with Crippen molar-refractivity contribution >= 4 is 70.7 Å². The second-order valence-electron chi connectivity index (χ2n) is 22.1. The van der Waals surface area contributed by atoms with Crippen LogP contribution in [0.25, 0.3) is 21.9 Å². The summed E-state index contributed by atoms with van der Waals surface area (Å²) in [6, 6.07) is 23.4. The molecule has 2 N–H and O–H groups in total. The van der Waals surface area contributed by atoms with E-state index in [1.807, 2.05) is 46.8 Å². The number of benzene rings is 4. The average Bonchev–Trinajstić information content (AvgIpc) is 2.67. The van der Waals surface area contributed by atoms with Crippen LogP contribution in [-0.4, -0.2) is 92.0 Å². The Kier molecular flexibility index (Phi) is 52.2. The minimum absolute atomic E-state index is 0.0694. The summed E-state index contributed by atoms with van der Waals surface area (Å²) in [6.07, 6.45) is 18.5. The van der Waals surface area contributed by atoms with Crippen LogP contribution >= 0.6 is 11.6 Å². The van der Waals surface area contributed by atoms with E-state index >= 15 is 0 Å². The van der Waals surface area contributed by atoms with Gasteiger partial charge in [0.2, 0.25) is 0 Å². The first-order valence-electron chi connectivity index (χ1n) is 33.7. The zero-order chi connectivity index (χ0) is 68.6. The molecule has 12 heteroatoms. The third kappa shape index (κ3) is 31.3. The van der Waals surface area contributed by atoms with Crippen LogP contribution in [0.15, 0.2) is 95.6 Å². The number of carbonyl (C=O) groups excluding carboxylic acids is 3. The van der Waals surface area contributed by atoms with Crippen LogP contribution in [0, 0.1) is 25.7 Å². The Hall–Kier alpha value is -5.65. The number of carboxylic acids is 1. The molecule has 3 unspecified atom stereocenters. The van der Waals surface area contributed by atoms with Crippen molar-refractivity contribution in [2.24, 2.45) is 11.8 Å². The Bertz CT molecular complexity index is 2720. The van der Waals surface area contributed by atoms with Gasteiger partial charge in [-0.05, 0) is 155 Å². The van der Waals surface area contributed by atoms with Crippen LogP contribution in [0.3, 0.4) is 0 Å². The fourth-order valence-electron chi connectivity index (χ4n) is 10.1. The summed E-state index contributed by atoms with van der Waals surface area (Å²) in [7, 11) is 8.29. The van der Waals surface area contributed by atoms with E-state index in [4.69, 9.17) is 23.8 Å². The molecule has 1 saturated heterocycles. The number of unbranched alkanes of at least 4 members (excludes halogenated alkanes) is 2. The van der Waals surface area contributed by atoms with E-state index in [-0.39, 0.29) is 18.4 Å². The average molecular weight is 1250 g/mol. The number of aldehydes is 1. The maximum absolute atomic E-state index is 12.5. The number of allylic oxidation sites excluding steroid dienone is 5. The van der Waals surface area contributed by atoms with Crippen molar-refractivity contribution in [3.8, 4) is 5.75 Å². The summed E-state index contributed by atoms with van der Waals surface area (Å²) in [6.45, 7) is 45.6. The molecular weight excluding hydrogens is 1130 g/mol. The number of hydrogen-bond donors (Lipinski definition) is 2. The van der Waals surface area contributed by atoms with Crippen molar-refractivity contribution in [1.82, 2.24) is 15.1 Å². The Balaban J connectivity index is -0.00000110. The van der Waals surface area contributed by atoms with E-state index in [1.165, 1.54) is 96.0 Å². The molecule has 3 atom stereocenters. The van der Waals surface area contributed by atoms with Gasteiger partial charge in [0.1, 0.15) is 0 Å². The van der Waals surface area contributed by atoms with Gasteiger partial charge in [-0.15, -0.1) is 0 Å². The van der Waals surface area contributed by atoms with Gasteiger partial charge in [0.15, 0.2) is 0 Å². The quantitative estimate of drug-likeness (QED) is 0.0329. The molecule has 0 bridgehead atoms.